The fourth-order valence-electron chi connectivity index (χ4n) is 4.86. The van der Waals surface area contributed by atoms with Gasteiger partial charge in [-0.2, -0.15) is 13.2 Å². The van der Waals surface area contributed by atoms with Crippen molar-refractivity contribution in [2.24, 2.45) is 5.92 Å². The Labute approximate surface area is 225 Å². The molecular weight excluding hydrogens is 511 g/mol. The number of benzene rings is 1. The third-order valence-corrected chi connectivity index (χ3v) is 7.38. The van der Waals surface area contributed by atoms with Gasteiger partial charge in [0.25, 0.3) is 5.91 Å². The van der Waals surface area contributed by atoms with E-state index >= 15 is 0 Å². The minimum absolute atomic E-state index is 0.0479. The minimum Gasteiger partial charge on any atom is -0.367 e. The van der Waals surface area contributed by atoms with Gasteiger partial charge in [0.05, 0.1) is 22.5 Å². The van der Waals surface area contributed by atoms with Crippen LogP contribution in [-0.2, 0) is 11.0 Å². The van der Waals surface area contributed by atoms with E-state index in [0.29, 0.717) is 49.2 Å². The molecule has 0 saturated carbocycles. The molecule has 2 aromatic rings. The van der Waals surface area contributed by atoms with Gasteiger partial charge in [-0.15, -0.1) is 0 Å². The van der Waals surface area contributed by atoms with Crippen LogP contribution in [0.15, 0.2) is 35.3 Å². The van der Waals surface area contributed by atoms with Crippen LogP contribution in [0, 0.1) is 17.8 Å². The summed E-state index contributed by atoms with van der Waals surface area (Å²) in [5.74, 6) is 5.57. The first-order valence-corrected chi connectivity index (χ1v) is 12.9. The molecule has 2 fully saturated rings. The lowest BCUT2D eigenvalue weighted by molar-refractivity contribution is -0.138. The van der Waals surface area contributed by atoms with Crippen LogP contribution in [0.5, 0.6) is 0 Å². The summed E-state index contributed by atoms with van der Waals surface area (Å²) in [4.78, 5) is 44.5. The zero-order valence-electron chi connectivity index (χ0n) is 22.2. The molecule has 2 aliphatic rings. The average Bonchev–Trinajstić information content (AvgIpc) is 2.89. The number of carbonyl (C=O) groups is 2. The van der Waals surface area contributed by atoms with E-state index in [-0.39, 0.29) is 17.9 Å². The SMILES string of the molecule is CC(=O)N1CCC(C#Cc2ccc(N3CCN(C)[C@@H](C)C3)c(NC(=O)c3c[nH]c(=O)cc3C(F)(F)F)c2)CC1. The minimum atomic E-state index is -4.87. The molecule has 0 aliphatic carbocycles. The quantitative estimate of drug-likeness (QED) is 0.580. The number of amides is 2. The van der Waals surface area contributed by atoms with Crippen LogP contribution in [0.4, 0.5) is 24.5 Å². The summed E-state index contributed by atoms with van der Waals surface area (Å²) in [6, 6.07) is 5.96. The van der Waals surface area contributed by atoms with Crippen molar-refractivity contribution >= 4 is 23.2 Å². The van der Waals surface area contributed by atoms with E-state index in [1.54, 1.807) is 17.9 Å². The van der Waals surface area contributed by atoms with Crippen molar-refractivity contribution in [3.63, 3.8) is 0 Å². The van der Waals surface area contributed by atoms with E-state index in [9.17, 15) is 27.6 Å². The van der Waals surface area contributed by atoms with Crippen LogP contribution in [0.3, 0.4) is 0 Å². The van der Waals surface area contributed by atoms with Gasteiger partial charge in [0.1, 0.15) is 0 Å². The summed E-state index contributed by atoms with van der Waals surface area (Å²) in [6.45, 7) is 7.07. The van der Waals surface area contributed by atoms with Gasteiger partial charge in [0, 0.05) is 69.4 Å². The number of nitrogens with one attached hydrogen (secondary N) is 2. The number of halogens is 3. The summed E-state index contributed by atoms with van der Waals surface area (Å²) in [7, 11) is 2.03. The molecule has 1 aromatic carbocycles. The maximum Gasteiger partial charge on any atom is 0.417 e. The smallest absolute Gasteiger partial charge is 0.367 e. The van der Waals surface area contributed by atoms with Crippen LogP contribution in [0.1, 0.15) is 48.2 Å². The number of aromatic amines is 1. The Bertz CT molecular complexity index is 1350. The molecule has 2 aliphatic heterocycles. The molecule has 0 radical (unpaired) electrons. The second-order valence-electron chi connectivity index (χ2n) is 10.1. The third kappa shape index (κ3) is 6.81. The van der Waals surface area contributed by atoms with E-state index in [2.05, 4.69) is 38.9 Å². The molecule has 4 rings (SSSR count). The molecule has 0 spiro atoms. The van der Waals surface area contributed by atoms with Crippen LogP contribution in [-0.4, -0.2) is 72.4 Å². The van der Waals surface area contributed by atoms with E-state index in [1.165, 1.54) is 0 Å². The maximum atomic E-state index is 13.6. The number of hydrogen-bond donors (Lipinski definition) is 2. The zero-order valence-corrected chi connectivity index (χ0v) is 22.2. The number of aromatic nitrogens is 1. The summed E-state index contributed by atoms with van der Waals surface area (Å²) in [6.07, 6.45) is -2.56. The molecule has 3 heterocycles. The van der Waals surface area contributed by atoms with Crippen molar-refractivity contribution < 1.29 is 22.8 Å². The fraction of sp³-hybridized carbons (Fsp3) is 0.464. The topological polar surface area (TPSA) is 88.8 Å². The lowest BCUT2D eigenvalue weighted by atomic mass is 9.97. The van der Waals surface area contributed by atoms with E-state index in [0.717, 1.165) is 25.6 Å². The highest BCUT2D eigenvalue weighted by molar-refractivity contribution is 6.07. The van der Waals surface area contributed by atoms with Crippen LogP contribution in [0.25, 0.3) is 0 Å². The van der Waals surface area contributed by atoms with Gasteiger partial charge in [0.15, 0.2) is 0 Å². The van der Waals surface area contributed by atoms with Gasteiger partial charge in [-0.05, 0) is 45.0 Å². The number of piperidine rings is 1. The Morgan fingerprint density at radius 2 is 1.82 bits per heavy atom. The van der Waals surface area contributed by atoms with Crippen molar-refractivity contribution in [3.8, 4) is 11.8 Å². The first kappa shape index (κ1) is 28.2. The Kier molecular flexibility index (Phi) is 8.35. The molecule has 208 valence electrons. The number of pyridine rings is 1. The number of piperazine rings is 1. The van der Waals surface area contributed by atoms with Crippen molar-refractivity contribution in [2.45, 2.75) is 38.9 Å². The summed E-state index contributed by atoms with van der Waals surface area (Å²) in [5, 5.41) is 2.65. The Morgan fingerprint density at radius 3 is 2.46 bits per heavy atom. The van der Waals surface area contributed by atoms with E-state index in [4.69, 9.17) is 0 Å². The Balaban J connectivity index is 1.64. The molecule has 2 amide bonds. The lowest BCUT2D eigenvalue weighted by Gasteiger charge is -2.39. The predicted octanol–water partition coefficient (Wildman–Crippen LogP) is 3.40. The van der Waals surface area contributed by atoms with E-state index < -0.39 is 28.8 Å². The molecule has 1 aromatic heterocycles. The van der Waals surface area contributed by atoms with Crippen molar-refractivity contribution in [2.75, 3.05) is 50.0 Å². The van der Waals surface area contributed by atoms with Gasteiger partial charge >= 0.3 is 6.18 Å². The molecule has 2 saturated heterocycles. The summed E-state index contributed by atoms with van der Waals surface area (Å²) >= 11 is 0. The lowest BCUT2D eigenvalue weighted by Crippen LogP contribution is -2.50. The van der Waals surface area contributed by atoms with Crippen molar-refractivity contribution in [1.82, 2.24) is 14.8 Å². The van der Waals surface area contributed by atoms with E-state index in [1.807, 2.05) is 19.2 Å². The first-order valence-electron chi connectivity index (χ1n) is 12.9. The standard InChI is InChI=1S/C28H32F3N5O3/c1-18-17-36(13-12-34(18)3)25-7-6-21(5-4-20-8-10-35(11-9-20)19(2)37)14-24(25)33-27(39)22-16-32-26(38)15-23(22)28(29,30)31/h6-7,14-16,18,20H,8-13,17H2,1-3H3,(H,32,38)(H,33,39)/t18-/m0/s1. The zero-order chi connectivity index (χ0) is 28.3. The van der Waals surface area contributed by atoms with Crippen molar-refractivity contribution in [1.29, 1.82) is 0 Å². The maximum absolute atomic E-state index is 13.6. The molecule has 1 atom stereocenters. The number of rotatable bonds is 3. The average molecular weight is 544 g/mol. The highest BCUT2D eigenvalue weighted by Crippen LogP contribution is 2.33. The Hall–Kier alpha value is -3.78. The third-order valence-electron chi connectivity index (χ3n) is 7.38. The highest BCUT2D eigenvalue weighted by Gasteiger charge is 2.36. The monoisotopic (exact) mass is 543 g/mol. The molecule has 39 heavy (non-hydrogen) atoms. The second kappa shape index (κ2) is 11.5. The molecular formula is C28H32F3N5O3. The van der Waals surface area contributed by atoms with Gasteiger partial charge in [0.2, 0.25) is 11.5 Å². The number of alkyl halides is 3. The molecule has 2 N–H and O–H groups in total. The number of likely N-dealkylation sites (N-methyl/N-ethyl adjacent to an activating group) is 1. The van der Waals surface area contributed by atoms with Gasteiger partial charge in [-0.1, -0.05) is 11.8 Å². The number of H-pyrrole nitrogens is 1. The molecule has 0 unspecified atom stereocenters. The highest BCUT2D eigenvalue weighted by atomic mass is 19.4. The Morgan fingerprint density at radius 1 is 1.10 bits per heavy atom. The molecule has 11 heteroatoms. The fourth-order valence-corrected chi connectivity index (χ4v) is 4.86. The van der Waals surface area contributed by atoms with Gasteiger partial charge in [-0.25, -0.2) is 0 Å². The summed E-state index contributed by atoms with van der Waals surface area (Å²) < 4.78 is 40.8. The number of hydrogen-bond acceptors (Lipinski definition) is 5. The molecule has 0 bridgehead atoms. The number of carbonyl (C=O) groups excluding carboxylic acids is 2. The predicted molar refractivity (Wildman–Crippen MR) is 143 cm³/mol. The second-order valence-corrected chi connectivity index (χ2v) is 10.1. The van der Waals surface area contributed by atoms with Gasteiger partial charge < -0.3 is 25.0 Å². The number of likely N-dealkylation sites (tertiary alicyclic amines) is 1. The summed E-state index contributed by atoms with van der Waals surface area (Å²) in [5.41, 5.74) is -1.28. The largest absolute Gasteiger partial charge is 0.417 e. The number of anilines is 2. The van der Waals surface area contributed by atoms with Crippen LogP contribution >= 0.6 is 0 Å². The molecule has 8 nitrogen and oxygen atoms in total. The van der Waals surface area contributed by atoms with Gasteiger partial charge in [-0.3, -0.25) is 14.4 Å². The normalized spacial score (nSPS) is 18.9. The van der Waals surface area contributed by atoms with Crippen LogP contribution < -0.4 is 15.8 Å². The first-order chi connectivity index (χ1) is 18.4. The number of nitrogens with zero attached hydrogens (tertiary/aromatic N) is 3. The van der Waals surface area contributed by atoms with Crippen molar-refractivity contribution in [3.05, 3.63) is 57.5 Å². The van der Waals surface area contributed by atoms with Crippen LogP contribution in [0.2, 0.25) is 0 Å².